The molecule has 0 saturated carbocycles. The van der Waals surface area contributed by atoms with Gasteiger partial charge >= 0.3 is 0 Å². The van der Waals surface area contributed by atoms with Gasteiger partial charge in [0.05, 0.1) is 11.7 Å². The number of hydrogen-bond donors (Lipinski definition) is 1. The third kappa shape index (κ3) is 2.52. The zero-order valence-corrected chi connectivity index (χ0v) is 12.0. The maximum Gasteiger partial charge on any atom is 0.259 e. The highest BCUT2D eigenvalue weighted by molar-refractivity contribution is 5.96. The Bertz CT molecular complexity index is 597. The number of rotatable bonds is 3. The van der Waals surface area contributed by atoms with Gasteiger partial charge in [-0.05, 0) is 38.5 Å². The highest BCUT2D eigenvalue weighted by Crippen LogP contribution is 2.24. The van der Waals surface area contributed by atoms with E-state index in [1.165, 1.54) is 0 Å². The van der Waals surface area contributed by atoms with Crippen LogP contribution in [0.15, 0.2) is 28.8 Å². The molecule has 0 saturated heterocycles. The van der Waals surface area contributed by atoms with Crippen LogP contribution in [0.2, 0.25) is 0 Å². The van der Waals surface area contributed by atoms with E-state index in [1.807, 2.05) is 6.92 Å². The average Bonchev–Trinajstić information content (AvgIpc) is 2.76. The Hall–Kier alpha value is -2.30. The second kappa shape index (κ2) is 5.36. The monoisotopic (exact) mass is 274 g/mol. The van der Waals surface area contributed by atoms with E-state index in [0.717, 1.165) is 5.56 Å². The molecule has 0 radical (unpaired) electrons. The number of carbonyl (C=O) groups excluding carboxylic acids is 1. The molecule has 0 aliphatic carbocycles. The largest absolute Gasteiger partial charge is 0.508 e. The molecule has 1 atom stereocenters. The number of amides is 1. The molecule has 20 heavy (non-hydrogen) atoms. The number of benzene rings is 1. The van der Waals surface area contributed by atoms with E-state index in [4.69, 9.17) is 4.52 Å². The van der Waals surface area contributed by atoms with E-state index in [9.17, 15) is 9.90 Å². The van der Waals surface area contributed by atoms with Gasteiger partial charge in [0, 0.05) is 7.05 Å². The highest BCUT2D eigenvalue weighted by Gasteiger charge is 2.24. The van der Waals surface area contributed by atoms with Crippen LogP contribution in [0.1, 0.15) is 40.3 Å². The van der Waals surface area contributed by atoms with Crippen LogP contribution >= 0.6 is 0 Å². The summed E-state index contributed by atoms with van der Waals surface area (Å²) < 4.78 is 5.04. The fourth-order valence-corrected chi connectivity index (χ4v) is 2.12. The van der Waals surface area contributed by atoms with Crippen LogP contribution in [-0.4, -0.2) is 28.1 Å². The highest BCUT2D eigenvalue weighted by atomic mass is 16.5. The molecule has 1 aromatic heterocycles. The summed E-state index contributed by atoms with van der Waals surface area (Å²) in [6.45, 7) is 5.41. The maximum atomic E-state index is 12.5. The van der Waals surface area contributed by atoms with Gasteiger partial charge in [-0.2, -0.15) is 0 Å². The normalized spacial score (nSPS) is 12.2. The molecule has 2 rings (SSSR count). The minimum Gasteiger partial charge on any atom is -0.508 e. The second-order valence-electron chi connectivity index (χ2n) is 4.88. The molecule has 0 fully saturated rings. The summed E-state index contributed by atoms with van der Waals surface area (Å²) >= 11 is 0. The van der Waals surface area contributed by atoms with E-state index < -0.39 is 0 Å². The minimum atomic E-state index is -0.123. The third-order valence-corrected chi connectivity index (χ3v) is 3.52. The molecule has 0 bridgehead atoms. The van der Waals surface area contributed by atoms with Crippen LogP contribution < -0.4 is 0 Å². The molecular weight excluding hydrogens is 256 g/mol. The molecule has 0 spiro atoms. The average molecular weight is 274 g/mol. The second-order valence-corrected chi connectivity index (χ2v) is 4.88. The first-order valence-electron chi connectivity index (χ1n) is 6.40. The number of aromatic hydroxyl groups is 1. The van der Waals surface area contributed by atoms with Crippen LogP contribution in [0.25, 0.3) is 0 Å². The van der Waals surface area contributed by atoms with Gasteiger partial charge in [-0.15, -0.1) is 0 Å². The molecule has 0 aliphatic heterocycles. The molecule has 1 unspecified atom stereocenters. The Morgan fingerprint density at radius 2 is 1.90 bits per heavy atom. The minimum absolute atomic E-state index is 0.114. The first kappa shape index (κ1) is 14.1. The van der Waals surface area contributed by atoms with Gasteiger partial charge in [-0.3, -0.25) is 4.79 Å². The lowest BCUT2D eigenvalue weighted by atomic mass is 10.1. The van der Waals surface area contributed by atoms with Crippen LogP contribution in [0.5, 0.6) is 5.75 Å². The van der Waals surface area contributed by atoms with E-state index in [-0.39, 0.29) is 17.7 Å². The van der Waals surface area contributed by atoms with Crippen molar-refractivity contribution in [2.75, 3.05) is 7.05 Å². The molecule has 5 nitrogen and oxygen atoms in total. The first-order valence-corrected chi connectivity index (χ1v) is 6.40. The Kier molecular flexibility index (Phi) is 3.79. The van der Waals surface area contributed by atoms with Crippen molar-refractivity contribution in [3.05, 3.63) is 46.8 Å². The van der Waals surface area contributed by atoms with Crippen LogP contribution in [-0.2, 0) is 0 Å². The van der Waals surface area contributed by atoms with E-state index in [1.54, 1.807) is 50.1 Å². The predicted molar refractivity (Wildman–Crippen MR) is 74.6 cm³/mol. The molecule has 106 valence electrons. The maximum absolute atomic E-state index is 12.5. The fraction of sp³-hybridized carbons (Fsp3) is 0.333. The van der Waals surface area contributed by atoms with E-state index in [0.29, 0.717) is 17.0 Å². The number of nitrogens with zero attached hydrogens (tertiary/aromatic N) is 2. The van der Waals surface area contributed by atoms with Crippen LogP contribution in [0.3, 0.4) is 0 Å². The summed E-state index contributed by atoms with van der Waals surface area (Å²) in [5.41, 5.74) is 2.06. The molecule has 1 heterocycles. The van der Waals surface area contributed by atoms with Crippen molar-refractivity contribution in [2.24, 2.45) is 0 Å². The number of aryl methyl sites for hydroxylation is 2. The molecule has 0 aliphatic rings. The molecular formula is C15H18N2O3. The van der Waals surface area contributed by atoms with E-state index in [2.05, 4.69) is 5.16 Å². The summed E-state index contributed by atoms with van der Waals surface area (Å²) in [7, 11) is 1.74. The van der Waals surface area contributed by atoms with Gasteiger partial charge < -0.3 is 14.5 Å². The van der Waals surface area contributed by atoms with Gasteiger partial charge in [-0.25, -0.2) is 0 Å². The van der Waals surface area contributed by atoms with Gasteiger partial charge in [-0.1, -0.05) is 17.3 Å². The molecule has 1 amide bonds. The Balaban J connectivity index is 2.24. The standard InChI is InChI=1S/C15H18N2O3/c1-9-14(11(3)20-16-9)15(19)17(4)10(2)12-5-7-13(18)8-6-12/h5-8,10,18H,1-4H3. The summed E-state index contributed by atoms with van der Waals surface area (Å²) in [4.78, 5) is 14.1. The fourth-order valence-electron chi connectivity index (χ4n) is 2.12. The van der Waals surface area contributed by atoms with Crippen molar-refractivity contribution in [3.63, 3.8) is 0 Å². The van der Waals surface area contributed by atoms with Gasteiger partial charge in [0.2, 0.25) is 0 Å². The number of phenols is 1. The number of carbonyl (C=O) groups is 1. The Labute approximate surface area is 117 Å². The van der Waals surface area contributed by atoms with Crippen molar-refractivity contribution in [1.29, 1.82) is 0 Å². The van der Waals surface area contributed by atoms with Crippen LogP contribution in [0.4, 0.5) is 0 Å². The van der Waals surface area contributed by atoms with E-state index >= 15 is 0 Å². The molecule has 1 N–H and O–H groups in total. The van der Waals surface area contributed by atoms with Crippen molar-refractivity contribution >= 4 is 5.91 Å². The topological polar surface area (TPSA) is 66.6 Å². The van der Waals surface area contributed by atoms with Gasteiger partial charge in [0.1, 0.15) is 17.1 Å². The summed E-state index contributed by atoms with van der Waals surface area (Å²) in [6, 6.07) is 6.71. The summed E-state index contributed by atoms with van der Waals surface area (Å²) in [5.74, 6) is 0.611. The zero-order valence-electron chi connectivity index (χ0n) is 12.0. The lowest BCUT2D eigenvalue weighted by molar-refractivity contribution is 0.0740. The zero-order chi connectivity index (χ0) is 14.9. The number of hydrogen-bond acceptors (Lipinski definition) is 4. The first-order chi connectivity index (χ1) is 9.41. The quantitative estimate of drug-likeness (QED) is 0.934. The summed E-state index contributed by atoms with van der Waals surface area (Å²) in [5, 5.41) is 13.1. The third-order valence-electron chi connectivity index (χ3n) is 3.52. The van der Waals surface area contributed by atoms with Crippen molar-refractivity contribution < 1.29 is 14.4 Å². The lowest BCUT2D eigenvalue weighted by Crippen LogP contribution is -2.30. The Morgan fingerprint density at radius 3 is 2.40 bits per heavy atom. The Morgan fingerprint density at radius 1 is 1.30 bits per heavy atom. The van der Waals surface area contributed by atoms with Gasteiger partial charge in [0.25, 0.3) is 5.91 Å². The summed E-state index contributed by atoms with van der Waals surface area (Å²) in [6.07, 6.45) is 0. The molecule has 5 heteroatoms. The molecule has 2 aromatic rings. The molecule has 1 aromatic carbocycles. The van der Waals surface area contributed by atoms with Gasteiger partial charge in [0.15, 0.2) is 0 Å². The number of aromatic nitrogens is 1. The van der Waals surface area contributed by atoms with Crippen molar-refractivity contribution in [3.8, 4) is 5.75 Å². The lowest BCUT2D eigenvalue weighted by Gasteiger charge is -2.25. The predicted octanol–water partition coefficient (Wildman–Crippen LogP) is 2.83. The SMILES string of the molecule is Cc1noc(C)c1C(=O)N(C)C(C)c1ccc(O)cc1. The number of phenolic OH excluding ortho intramolecular Hbond substituents is 1. The van der Waals surface area contributed by atoms with Crippen molar-refractivity contribution in [1.82, 2.24) is 10.1 Å². The smallest absolute Gasteiger partial charge is 0.259 e. The van der Waals surface area contributed by atoms with Crippen LogP contribution in [0, 0.1) is 13.8 Å². The van der Waals surface area contributed by atoms with Crippen molar-refractivity contribution in [2.45, 2.75) is 26.8 Å².